The van der Waals surface area contributed by atoms with Crippen LogP contribution < -0.4 is 5.32 Å². The molecule has 106 valence electrons. The molecule has 0 aliphatic heterocycles. The second-order valence-corrected chi connectivity index (χ2v) is 8.11. The summed E-state index contributed by atoms with van der Waals surface area (Å²) in [6.45, 7) is 10.6. The summed E-state index contributed by atoms with van der Waals surface area (Å²) in [5.74, 6) is -0.0722. The van der Waals surface area contributed by atoms with Crippen LogP contribution in [-0.4, -0.2) is 11.4 Å². The molecule has 0 spiro atoms. The van der Waals surface area contributed by atoms with Crippen molar-refractivity contribution in [3.63, 3.8) is 0 Å². The lowest BCUT2D eigenvalue weighted by molar-refractivity contribution is 0.0890. The lowest BCUT2D eigenvalue weighted by atomic mass is 9.81. The number of thiol groups is 1. The Morgan fingerprint density at radius 3 is 2.37 bits per heavy atom. The molecule has 0 atom stereocenters. The van der Waals surface area contributed by atoms with E-state index in [1.165, 1.54) is 0 Å². The van der Waals surface area contributed by atoms with Gasteiger partial charge in [0.15, 0.2) is 0 Å². The summed E-state index contributed by atoms with van der Waals surface area (Å²) in [5, 5.41) is 3.09. The third-order valence-corrected chi connectivity index (χ3v) is 3.59. The van der Waals surface area contributed by atoms with E-state index < -0.39 is 0 Å². The van der Waals surface area contributed by atoms with E-state index in [1.54, 1.807) is 6.07 Å². The fourth-order valence-corrected chi connectivity index (χ4v) is 3.06. The highest BCUT2D eigenvalue weighted by atomic mass is 79.9. The van der Waals surface area contributed by atoms with Gasteiger partial charge in [-0.15, -0.1) is 12.6 Å². The standard InChI is InChI=1S/C15H22BrNOS/c1-14(2,3)9-15(4,5)17-13(18)11-8-10(19)6-7-12(11)16/h6-8,19H,9H2,1-5H3,(H,17,18). The van der Waals surface area contributed by atoms with Crippen LogP contribution in [0.15, 0.2) is 27.6 Å². The largest absolute Gasteiger partial charge is 0.347 e. The minimum Gasteiger partial charge on any atom is -0.347 e. The number of carbonyl (C=O) groups excluding carboxylic acids is 1. The van der Waals surface area contributed by atoms with Crippen LogP contribution in [0.5, 0.6) is 0 Å². The number of halogens is 1. The molecule has 0 fully saturated rings. The van der Waals surface area contributed by atoms with Crippen LogP contribution in [0.2, 0.25) is 0 Å². The number of carbonyl (C=O) groups is 1. The molecule has 0 heterocycles. The molecular formula is C15H22BrNOS. The number of nitrogens with one attached hydrogen (secondary N) is 1. The van der Waals surface area contributed by atoms with Gasteiger partial charge < -0.3 is 5.32 Å². The fraction of sp³-hybridized carbons (Fsp3) is 0.533. The molecule has 1 amide bonds. The number of hydrogen-bond donors (Lipinski definition) is 2. The zero-order valence-corrected chi connectivity index (χ0v) is 14.7. The molecule has 0 bridgehead atoms. The lowest BCUT2D eigenvalue weighted by Gasteiger charge is -2.33. The van der Waals surface area contributed by atoms with Gasteiger partial charge in [-0.1, -0.05) is 20.8 Å². The Labute approximate surface area is 129 Å². The predicted octanol–water partition coefficient (Wildman–Crippen LogP) is 4.68. The van der Waals surface area contributed by atoms with E-state index in [0.29, 0.717) is 5.56 Å². The molecular weight excluding hydrogens is 322 g/mol. The highest BCUT2D eigenvalue weighted by Crippen LogP contribution is 2.28. The molecule has 0 saturated carbocycles. The molecule has 0 aliphatic carbocycles. The van der Waals surface area contributed by atoms with Crippen LogP contribution in [0.4, 0.5) is 0 Å². The molecule has 0 aromatic heterocycles. The summed E-state index contributed by atoms with van der Waals surface area (Å²) < 4.78 is 0.786. The van der Waals surface area contributed by atoms with E-state index in [2.05, 4.69) is 68.5 Å². The quantitative estimate of drug-likeness (QED) is 0.766. The topological polar surface area (TPSA) is 29.1 Å². The van der Waals surface area contributed by atoms with Gasteiger partial charge in [-0.05, 0) is 59.8 Å². The van der Waals surface area contributed by atoms with Crippen molar-refractivity contribution in [3.05, 3.63) is 28.2 Å². The van der Waals surface area contributed by atoms with Crippen LogP contribution in [0.3, 0.4) is 0 Å². The molecule has 0 unspecified atom stereocenters. The van der Waals surface area contributed by atoms with Gasteiger partial charge in [0.05, 0.1) is 5.56 Å². The van der Waals surface area contributed by atoms with Crippen molar-refractivity contribution in [2.75, 3.05) is 0 Å². The average molecular weight is 344 g/mol. The zero-order chi connectivity index (χ0) is 14.8. The number of hydrogen-bond acceptors (Lipinski definition) is 2. The Hall–Kier alpha value is -0.480. The molecule has 0 saturated heterocycles. The van der Waals surface area contributed by atoms with E-state index in [-0.39, 0.29) is 16.9 Å². The molecule has 2 nitrogen and oxygen atoms in total. The van der Waals surface area contributed by atoms with Crippen LogP contribution >= 0.6 is 28.6 Å². The Morgan fingerprint density at radius 2 is 1.84 bits per heavy atom. The average Bonchev–Trinajstić information content (AvgIpc) is 2.16. The maximum absolute atomic E-state index is 12.3. The third kappa shape index (κ3) is 5.57. The van der Waals surface area contributed by atoms with Crippen molar-refractivity contribution >= 4 is 34.5 Å². The summed E-state index contributed by atoms with van der Waals surface area (Å²) >= 11 is 7.68. The van der Waals surface area contributed by atoms with Gasteiger partial charge >= 0.3 is 0 Å². The normalized spacial score (nSPS) is 12.4. The Bertz CT molecular complexity index is 478. The second kappa shape index (κ2) is 5.88. The molecule has 0 radical (unpaired) electrons. The van der Waals surface area contributed by atoms with Crippen LogP contribution in [-0.2, 0) is 0 Å². The molecule has 1 rings (SSSR count). The van der Waals surface area contributed by atoms with Crippen molar-refractivity contribution in [2.24, 2.45) is 5.41 Å². The van der Waals surface area contributed by atoms with Gasteiger partial charge in [-0.3, -0.25) is 4.79 Å². The van der Waals surface area contributed by atoms with E-state index in [1.807, 2.05) is 12.1 Å². The molecule has 1 aromatic rings. The molecule has 0 aliphatic rings. The van der Waals surface area contributed by atoms with Crippen molar-refractivity contribution < 1.29 is 4.79 Å². The number of benzene rings is 1. The third-order valence-electron chi connectivity index (χ3n) is 2.62. The first-order chi connectivity index (χ1) is 8.50. The summed E-state index contributed by atoms with van der Waals surface area (Å²) in [5.41, 5.74) is 0.537. The minimum atomic E-state index is -0.249. The fourth-order valence-electron chi connectivity index (χ4n) is 2.43. The highest BCUT2D eigenvalue weighted by Gasteiger charge is 2.27. The lowest BCUT2D eigenvalue weighted by Crippen LogP contribution is -2.45. The first-order valence-corrected chi connectivity index (χ1v) is 7.55. The SMILES string of the molecule is CC(C)(C)CC(C)(C)NC(=O)c1cc(S)ccc1Br. The van der Waals surface area contributed by atoms with Crippen LogP contribution in [0, 0.1) is 5.41 Å². The van der Waals surface area contributed by atoms with Crippen molar-refractivity contribution in [1.82, 2.24) is 5.32 Å². The Kier molecular flexibility index (Phi) is 5.13. The first-order valence-electron chi connectivity index (χ1n) is 6.31. The molecule has 19 heavy (non-hydrogen) atoms. The summed E-state index contributed by atoms with van der Waals surface area (Å²) in [6, 6.07) is 5.47. The Balaban J connectivity index is 2.87. The van der Waals surface area contributed by atoms with Gasteiger partial charge in [0.25, 0.3) is 5.91 Å². The smallest absolute Gasteiger partial charge is 0.252 e. The molecule has 1 aromatic carbocycles. The summed E-state index contributed by atoms with van der Waals surface area (Å²) in [7, 11) is 0. The van der Waals surface area contributed by atoms with Crippen molar-refractivity contribution in [1.29, 1.82) is 0 Å². The van der Waals surface area contributed by atoms with Crippen LogP contribution in [0.25, 0.3) is 0 Å². The maximum atomic E-state index is 12.3. The molecule has 1 N–H and O–H groups in total. The summed E-state index contributed by atoms with van der Waals surface area (Å²) in [6.07, 6.45) is 0.907. The summed E-state index contributed by atoms with van der Waals surface area (Å²) in [4.78, 5) is 13.1. The highest BCUT2D eigenvalue weighted by molar-refractivity contribution is 9.10. The number of amides is 1. The van der Waals surface area contributed by atoms with E-state index in [4.69, 9.17) is 0 Å². The van der Waals surface area contributed by atoms with Gasteiger partial charge in [0.1, 0.15) is 0 Å². The van der Waals surface area contributed by atoms with Crippen LogP contribution in [0.1, 0.15) is 51.4 Å². The van der Waals surface area contributed by atoms with E-state index >= 15 is 0 Å². The monoisotopic (exact) mass is 343 g/mol. The van der Waals surface area contributed by atoms with Crippen molar-refractivity contribution in [2.45, 2.75) is 51.5 Å². The molecule has 4 heteroatoms. The first kappa shape index (κ1) is 16.6. The maximum Gasteiger partial charge on any atom is 0.252 e. The zero-order valence-electron chi connectivity index (χ0n) is 12.2. The van der Waals surface area contributed by atoms with Gasteiger partial charge in [0, 0.05) is 14.9 Å². The Morgan fingerprint density at radius 1 is 1.26 bits per heavy atom. The van der Waals surface area contributed by atoms with Gasteiger partial charge in [-0.25, -0.2) is 0 Å². The number of rotatable bonds is 3. The van der Waals surface area contributed by atoms with E-state index in [9.17, 15) is 4.79 Å². The predicted molar refractivity (Wildman–Crippen MR) is 87.0 cm³/mol. The second-order valence-electron chi connectivity index (χ2n) is 6.74. The van der Waals surface area contributed by atoms with Gasteiger partial charge in [-0.2, -0.15) is 0 Å². The van der Waals surface area contributed by atoms with E-state index in [0.717, 1.165) is 15.8 Å². The minimum absolute atomic E-state index is 0.0722. The van der Waals surface area contributed by atoms with Crippen molar-refractivity contribution in [3.8, 4) is 0 Å². The van der Waals surface area contributed by atoms with Gasteiger partial charge in [0.2, 0.25) is 0 Å².